The molecule has 1 saturated carbocycles. The van der Waals surface area contributed by atoms with Crippen molar-refractivity contribution < 1.29 is 4.74 Å². The lowest BCUT2D eigenvalue weighted by molar-refractivity contribution is 0.0962. The maximum atomic E-state index is 5.56. The van der Waals surface area contributed by atoms with Gasteiger partial charge in [0.25, 0.3) is 0 Å². The van der Waals surface area contributed by atoms with E-state index in [1.54, 1.807) is 0 Å². The molecule has 0 heterocycles. The third-order valence-electron chi connectivity index (χ3n) is 2.29. The molecule has 0 aromatic carbocycles. The van der Waals surface area contributed by atoms with Gasteiger partial charge in [0, 0.05) is 17.4 Å². The normalized spacial score (nSPS) is 20.2. The zero-order chi connectivity index (χ0) is 8.16. The van der Waals surface area contributed by atoms with Gasteiger partial charge in [0.2, 0.25) is 0 Å². The summed E-state index contributed by atoms with van der Waals surface area (Å²) >= 11 is 3.52. The van der Waals surface area contributed by atoms with E-state index in [4.69, 9.17) is 4.74 Å². The van der Waals surface area contributed by atoms with Crippen LogP contribution in [0.5, 0.6) is 0 Å². The highest BCUT2D eigenvalue weighted by atomic mass is 79.9. The minimum Gasteiger partial charge on any atom is -0.381 e. The predicted molar refractivity (Wildman–Crippen MR) is 51.2 cm³/mol. The van der Waals surface area contributed by atoms with E-state index in [0.717, 1.165) is 18.5 Å². The molecule has 0 aromatic rings. The van der Waals surface area contributed by atoms with Crippen LogP contribution in [-0.2, 0) is 4.74 Å². The van der Waals surface area contributed by atoms with Gasteiger partial charge in [0.05, 0.1) is 6.61 Å². The van der Waals surface area contributed by atoms with Crippen LogP contribution < -0.4 is 0 Å². The Morgan fingerprint density at radius 2 is 2.18 bits per heavy atom. The van der Waals surface area contributed by atoms with Gasteiger partial charge in [-0.25, -0.2) is 0 Å². The first-order valence-electron chi connectivity index (χ1n) is 4.47. The molecule has 1 aliphatic carbocycles. The highest BCUT2D eigenvalue weighted by Crippen LogP contribution is 2.47. The molecule has 0 N–H and O–H groups in total. The summed E-state index contributed by atoms with van der Waals surface area (Å²) in [4.78, 5) is 0. The van der Waals surface area contributed by atoms with E-state index in [0.29, 0.717) is 5.41 Å². The van der Waals surface area contributed by atoms with Crippen LogP contribution in [0.2, 0.25) is 0 Å². The fraction of sp³-hybridized carbons (Fsp3) is 1.00. The van der Waals surface area contributed by atoms with Crippen molar-refractivity contribution in [3.05, 3.63) is 0 Å². The third-order valence-corrected chi connectivity index (χ3v) is 3.48. The summed E-state index contributed by atoms with van der Waals surface area (Å²) < 4.78 is 5.56. The Morgan fingerprint density at radius 3 is 2.64 bits per heavy atom. The SMILES string of the molecule is CCCCOCC1(CBr)CC1. The Hall–Kier alpha value is 0.440. The summed E-state index contributed by atoms with van der Waals surface area (Å²) in [6.45, 7) is 4.12. The molecule has 1 aliphatic rings. The zero-order valence-electron chi connectivity index (χ0n) is 7.24. The van der Waals surface area contributed by atoms with Gasteiger partial charge in [-0.1, -0.05) is 29.3 Å². The van der Waals surface area contributed by atoms with E-state index in [2.05, 4.69) is 22.9 Å². The molecule has 2 heteroatoms. The Morgan fingerprint density at radius 1 is 1.45 bits per heavy atom. The first-order chi connectivity index (χ1) is 5.33. The van der Waals surface area contributed by atoms with Gasteiger partial charge >= 0.3 is 0 Å². The summed E-state index contributed by atoms with van der Waals surface area (Å²) in [7, 11) is 0. The smallest absolute Gasteiger partial charge is 0.0530 e. The lowest BCUT2D eigenvalue weighted by atomic mass is 10.2. The molecule has 0 aliphatic heterocycles. The second-order valence-corrected chi connectivity index (χ2v) is 4.10. The fourth-order valence-corrected chi connectivity index (χ4v) is 1.75. The van der Waals surface area contributed by atoms with Crippen LogP contribution in [0.25, 0.3) is 0 Å². The number of unbranched alkanes of at least 4 members (excludes halogenated alkanes) is 1. The number of alkyl halides is 1. The van der Waals surface area contributed by atoms with Gasteiger partial charge in [-0.05, 0) is 19.3 Å². The molecule has 0 amide bonds. The summed E-state index contributed by atoms with van der Waals surface area (Å²) in [6.07, 6.45) is 5.15. The zero-order valence-corrected chi connectivity index (χ0v) is 8.82. The minimum absolute atomic E-state index is 0.535. The highest BCUT2D eigenvalue weighted by Gasteiger charge is 2.41. The maximum Gasteiger partial charge on any atom is 0.0530 e. The second-order valence-electron chi connectivity index (χ2n) is 3.54. The maximum absolute atomic E-state index is 5.56. The van der Waals surface area contributed by atoms with Gasteiger partial charge < -0.3 is 4.74 Å². The van der Waals surface area contributed by atoms with E-state index in [-0.39, 0.29) is 0 Å². The third kappa shape index (κ3) is 3.12. The van der Waals surface area contributed by atoms with Crippen molar-refractivity contribution in [2.75, 3.05) is 18.5 Å². The monoisotopic (exact) mass is 220 g/mol. The number of ether oxygens (including phenoxy) is 1. The molecule has 66 valence electrons. The van der Waals surface area contributed by atoms with Gasteiger partial charge in [0.15, 0.2) is 0 Å². The molecule has 0 saturated heterocycles. The van der Waals surface area contributed by atoms with Crippen LogP contribution in [0.4, 0.5) is 0 Å². The molecule has 0 aromatic heterocycles. The molecule has 1 nitrogen and oxygen atoms in total. The van der Waals surface area contributed by atoms with Gasteiger partial charge in [-0.15, -0.1) is 0 Å². The van der Waals surface area contributed by atoms with Gasteiger partial charge in [-0.3, -0.25) is 0 Å². The average Bonchev–Trinajstić information content (AvgIpc) is 2.80. The number of halogens is 1. The molecule has 1 fully saturated rings. The standard InChI is InChI=1S/C9H17BrO/c1-2-3-6-11-8-9(7-10)4-5-9/h2-8H2,1H3. The van der Waals surface area contributed by atoms with Crippen LogP contribution in [0.3, 0.4) is 0 Å². The Kier molecular flexibility index (Phi) is 3.86. The van der Waals surface area contributed by atoms with Crippen molar-refractivity contribution in [1.82, 2.24) is 0 Å². The van der Waals surface area contributed by atoms with E-state index in [1.807, 2.05) is 0 Å². The van der Waals surface area contributed by atoms with Crippen molar-refractivity contribution in [2.45, 2.75) is 32.6 Å². The van der Waals surface area contributed by atoms with E-state index < -0.39 is 0 Å². The molecular formula is C9H17BrO. The van der Waals surface area contributed by atoms with Crippen LogP contribution in [-0.4, -0.2) is 18.5 Å². The summed E-state index contributed by atoms with van der Waals surface area (Å²) in [6, 6.07) is 0. The van der Waals surface area contributed by atoms with Gasteiger partial charge in [-0.2, -0.15) is 0 Å². The lowest BCUT2D eigenvalue weighted by Gasteiger charge is -2.10. The molecule has 0 atom stereocenters. The van der Waals surface area contributed by atoms with Gasteiger partial charge in [0.1, 0.15) is 0 Å². The molecule has 11 heavy (non-hydrogen) atoms. The van der Waals surface area contributed by atoms with E-state index in [1.165, 1.54) is 25.7 Å². The first-order valence-corrected chi connectivity index (χ1v) is 5.59. The summed E-state index contributed by atoms with van der Waals surface area (Å²) in [5.41, 5.74) is 0.535. The molecule has 1 rings (SSSR count). The molecular weight excluding hydrogens is 204 g/mol. The summed E-state index contributed by atoms with van der Waals surface area (Å²) in [5, 5.41) is 1.12. The predicted octanol–water partition coefficient (Wildman–Crippen LogP) is 2.98. The Bertz CT molecular complexity index is 110. The lowest BCUT2D eigenvalue weighted by Crippen LogP contribution is -2.12. The molecule has 0 unspecified atom stereocenters. The number of hydrogen-bond acceptors (Lipinski definition) is 1. The first kappa shape index (κ1) is 9.53. The van der Waals surface area contributed by atoms with Crippen molar-refractivity contribution in [1.29, 1.82) is 0 Å². The minimum atomic E-state index is 0.535. The number of rotatable bonds is 6. The van der Waals surface area contributed by atoms with Crippen LogP contribution in [0, 0.1) is 5.41 Å². The van der Waals surface area contributed by atoms with Crippen molar-refractivity contribution >= 4 is 15.9 Å². The number of hydrogen-bond donors (Lipinski definition) is 0. The molecule has 0 spiro atoms. The Labute approximate surface area is 77.6 Å². The van der Waals surface area contributed by atoms with Crippen molar-refractivity contribution in [2.24, 2.45) is 5.41 Å². The van der Waals surface area contributed by atoms with E-state index in [9.17, 15) is 0 Å². The van der Waals surface area contributed by atoms with Crippen molar-refractivity contribution in [3.8, 4) is 0 Å². The van der Waals surface area contributed by atoms with Crippen LogP contribution in [0.15, 0.2) is 0 Å². The Balaban J connectivity index is 1.94. The molecule has 0 radical (unpaired) electrons. The average molecular weight is 221 g/mol. The summed E-state index contributed by atoms with van der Waals surface area (Å²) in [5.74, 6) is 0. The quantitative estimate of drug-likeness (QED) is 0.495. The largest absolute Gasteiger partial charge is 0.381 e. The molecule has 0 bridgehead atoms. The van der Waals surface area contributed by atoms with Crippen LogP contribution in [0.1, 0.15) is 32.6 Å². The van der Waals surface area contributed by atoms with Crippen molar-refractivity contribution in [3.63, 3.8) is 0 Å². The topological polar surface area (TPSA) is 9.23 Å². The fourth-order valence-electron chi connectivity index (χ4n) is 1.03. The van der Waals surface area contributed by atoms with Crippen LogP contribution >= 0.6 is 15.9 Å². The van der Waals surface area contributed by atoms with E-state index >= 15 is 0 Å². The highest BCUT2D eigenvalue weighted by molar-refractivity contribution is 9.09. The second kappa shape index (κ2) is 4.46.